The Labute approximate surface area is 299 Å². The molecule has 1 aromatic rings. The SMILES string of the molecule is CC[C@H](C)[C@H](NC(=O)C[C@H](O)[C@H](Cc1ccccc1)NC(=O)C(NC(=O)[C@H](CC(C)C)NC(=O)CC(C)C)C(C)C)C(=O)NC(C)(C)CCO. The number of carbonyl (C=O) groups excluding carboxylic acids is 5. The Bertz CT molecular complexity index is 1220. The molecule has 50 heavy (non-hydrogen) atoms. The van der Waals surface area contributed by atoms with Crippen molar-refractivity contribution in [2.24, 2.45) is 23.7 Å². The Kier molecular flexibility index (Phi) is 19.3. The predicted octanol–water partition coefficient (Wildman–Crippen LogP) is 2.99. The number of hydrogen-bond acceptors (Lipinski definition) is 7. The fraction of sp³-hybridized carbons (Fsp3) is 0.711. The zero-order valence-corrected chi connectivity index (χ0v) is 32.0. The molecule has 1 aromatic carbocycles. The number of hydrogen-bond donors (Lipinski definition) is 7. The van der Waals surface area contributed by atoms with E-state index >= 15 is 0 Å². The van der Waals surface area contributed by atoms with Gasteiger partial charge in [-0.1, -0.05) is 92.1 Å². The number of benzene rings is 1. The molecule has 0 saturated carbocycles. The van der Waals surface area contributed by atoms with E-state index in [1.54, 1.807) is 27.7 Å². The molecular weight excluding hydrogens is 638 g/mol. The number of rotatable bonds is 22. The monoisotopic (exact) mass is 703 g/mol. The molecule has 0 aliphatic rings. The highest BCUT2D eigenvalue weighted by atomic mass is 16.3. The molecule has 7 N–H and O–H groups in total. The minimum atomic E-state index is -1.34. The lowest BCUT2D eigenvalue weighted by atomic mass is 9.94. The van der Waals surface area contributed by atoms with Crippen LogP contribution in [0.3, 0.4) is 0 Å². The standard InChI is InChI=1S/C38H65N5O7/c1-11-26(8)34(37(50)43-38(9,10)17-18-44)41-32(47)22-30(45)28(21-27-15-13-12-14-16-27)40-36(49)33(25(6)7)42-35(48)29(19-23(2)3)39-31(46)20-24(4)5/h12-16,23-26,28-30,33-34,44-45H,11,17-22H2,1-10H3,(H,39,46)(H,40,49)(H,41,47)(H,42,48)(H,43,50)/t26-,28-,29-,30-,33?,34-/m0/s1. The van der Waals surface area contributed by atoms with Crippen molar-refractivity contribution < 1.29 is 34.2 Å². The Hall–Kier alpha value is -3.51. The van der Waals surface area contributed by atoms with E-state index in [-0.39, 0.29) is 54.9 Å². The first-order chi connectivity index (χ1) is 23.3. The van der Waals surface area contributed by atoms with Crippen LogP contribution in [0.15, 0.2) is 30.3 Å². The first kappa shape index (κ1) is 44.5. The molecule has 12 heteroatoms. The number of amides is 5. The molecule has 0 fully saturated rings. The molecule has 0 radical (unpaired) electrons. The maximum absolute atomic E-state index is 13.8. The maximum Gasteiger partial charge on any atom is 0.243 e. The van der Waals surface area contributed by atoms with Gasteiger partial charge in [-0.3, -0.25) is 24.0 Å². The zero-order valence-electron chi connectivity index (χ0n) is 32.0. The third-order valence-electron chi connectivity index (χ3n) is 8.69. The molecule has 0 saturated heterocycles. The van der Waals surface area contributed by atoms with Crippen molar-refractivity contribution in [2.45, 2.75) is 144 Å². The summed E-state index contributed by atoms with van der Waals surface area (Å²) in [7, 11) is 0. The van der Waals surface area contributed by atoms with Gasteiger partial charge in [-0.15, -0.1) is 0 Å². The molecule has 0 aromatic heterocycles. The topological polar surface area (TPSA) is 186 Å². The molecule has 1 rings (SSSR count). The van der Waals surface area contributed by atoms with Crippen LogP contribution in [-0.4, -0.2) is 82.2 Å². The Morgan fingerprint density at radius 2 is 1.34 bits per heavy atom. The Balaban J connectivity index is 3.22. The van der Waals surface area contributed by atoms with Gasteiger partial charge >= 0.3 is 0 Å². The Morgan fingerprint density at radius 3 is 1.86 bits per heavy atom. The summed E-state index contributed by atoms with van der Waals surface area (Å²) >= 11 is 0. The molecule has 0 aliphatic carbocycles. The van der Waals surface area contributed by atoms with Crippen molar-refractivity contribution >= 4 is 29.5 Å². The predicted molar refractivity (Wildman–Crippen MR) is 196 cm³/mol. The second-order valence-electron chi connectivity index (χ2n) is 15.4. The molecule has 0 bridgehead atoms. The van der Waals surface area contributed by atoms with Crippen molar-refractivity contribution in [3.63, 3.8) is 0 Å². The van der Waals surface area contributed by atoms with Gasteiger partial charge in [-0.25, -0.2) is 0 Å². The highest BCUT2D eigenvalue weighted by Crippen LogP contribution is 2.16. The molecule has 0 aliphatic heterocycles. The van der Waals surface area contributed by atoms with Gasteiger partial charge in [0, 0.05) is 18.6 Å². The summed E-state index contributed by atoms with van der Waals surface area (Å²) in [6.45, 7) is 18.5. The fourth-order valence-electron chi connectivity index (χ4n) is 5.56. The molecule has 5 amide bonds. The van der Waals surface area contributed by atoms with Crippen molar-refractivity contribution in [3.05, 3.63) is 35.9 Å². The highest BCUT2D eigenvalue weighted by Gasteiger charge is 2.34. The van der Waals surface area contributed by atoms with Crippen LogP contribution in [0.2, 0.25) is 0 Å². The second kappa shape index (κ2) is 21.6. The van der Waals surface area contributed by atoms with E-state index in [9.17, 15) is 34.2 Å². The Morgan fingerprint density at radius 1 is 0.740 bits per heavy atom. The van der Waals surface area contributed by atoms with Gasteiger partial charge in [-0.05, 0) is 62.3 Å². The average molecular weight is 704 g/mol. The lowest BCUT2D eigenvalue weighted by Gasteiger charge is -2.32. The summed E-state index contributed by atoms with van der Waals surface area (Å²) in [4.78, 5) is 66.4. The van der Waals surface area contributed by atoms with E-state index in [0.29, 0.717) is 19.3 Å². The fourth-order valence-corrected chi connectivity index (χ4v) is 5.56. The molecule has 6 atom stereocenters. The third kappa shape index (κ3) is 16.5. The van der Waals surface area contributed by atoms with E-state index in [1.807, 2.05) is 71.9 Å². The van der Waals surface area contributed by atoms with Crippen molar-refractivity contribution in [1.82, 2.24) is 26.6 Å². The van der Waals surface area contributed by atoms with Gasteiger partial charge in [0.25, 0.3) is 0 Å². The summed E-state index contributed by atoms with van der Waals surface area (Å²) in [5.41, 5.74) is 0.124. The number of aliphatic hydroxyl groups is 2. The van der Waals surface area contributed by atoms with Crippen LogP contribution in [0.1, 0.15) is 107 Å². The molecule has 0 heterocycles. The first-order valence-corrected chi connectivity index (χ1v) is 18.1. The summed E-state index contributed by atoms with van der Waals surface area (Å²) in [5, 5.41) is 35.0. The van der Waals surface area contributed by atoms with Crippen LogP contribution >= 0.6 is 0 Å². The van der Waals surface area contributed by atoms with Crippen LogP contribution < -0.4 is 26.6 Å². The zero-order chi connectivity index (χ0) is 38.2. The van der Waals surface area contributed by atoms with Crippen LogP contribution in [0.4, 0.5) is 0 Å². The van der Waals surface area contributed by atoms with Crippen LogP contribution in [-0.2, 0) is 30.4 Å². The molecule has 1 unspecified atom stereocenters. The lowest BCUT2D eigenvalue weighted by Crippen LogP contribution is -2.59. The summed E-state index contributed by atoms with van der Waals surface area (Å²) < 4.78 is 0. The van der Waals surface area contributed by atoms with E-state index in [2.05, 4.69) is 26.6 Å². The van der Waals surface area contributed by atoms with E-state index < -0.39 is 60.0 Å². The van der Waals surface area contributed by atoms with Gasteiger partial charge in [-0.2, -0.15) is 0 Å². The van der Waals surface area contributed by atoms with E-state index in [4.69, 9.17) is 0 Å². The van der Waals surface area contributed by atoms with Crippen molar-refractivity contribution in [3.8, 4) is 0 Å². The van der Waals surface area contributed by atoms with Gasteiger partial charge in [0.1, 0.15) is 18.1 Å². The van der Waals surface area contributed by atoms with Crippen LogP contribution in [0.5, 0.6) is 0 Å². The highest BCUT2D eigenvalue weighted by molar-refractivity contribution is 5.92. The smallest absolute Gasteiger partial charge is 0.243 e. The summed E-state index contributed by atoms with van der Waals surface area (Å²) in [6, 6.07) is 5.62. The van der Waals surface area contributed by atoms with Crippen LogP contribution in [0.25, 0.3) is 0 Å². The van der Waals surface area contributed by atoms with E-state index in [0.717, 1.165) is 5.56 Å². The van der Waals surface area contributed by atoms with Crippen molar-refractivity contribution in [1.29, 1.82) is 0 Å². The van der Waals surface area contributed by atoms with Gasteiger partial charge in [0.05, 0.1) is 18.6 Å². The van der Waals surface area contributed by atoms with Gasteiger partial charge in [0.2, 0.25) is 29.5 Å². The van der Waals surface area contributed by atoms with E-state index in [1.165, 1.54) is 0 Å². The molecule has 0 spiro atoms. The van der Waals surface area contributed by atoms with Crippen LogP contribution in [0, 0.1) is 23.7 Å². The minimum absolute atomic E-state index is 0.103. The quantitative estimate of drug-likeness (QED) is 0.0968. The lowest BCUT2D eigenvalue weighted by molar-refractivity contribution is -0.134. The molecular formula is C38H65N5O7. The maximum atomic E-state index is 13.8. The summed E-state index contributed by atoms with van der Waals surface area (Å²) in [5.74, 6) is -2.53. The van der Waals surface area contributed by atoms with Crippen molar-refractivity contribution in [2.75, 3.05) is 6.61 Å². The number of nitrogens with one attached hydrogen (secondary N) is 5. The van der Waals surface area contributed by atoms with Gasteiger partial charge < -0.3 is 36.8 Å². The summed E-state index contributed by atoms with van der Waals surface area (Å²) in [6.07, 6.45) is 0.0749. The average Bonchev–Trinajstić information content (AvgIpc) is 3.00. The number of aliphatic hydroxyl groups excluding tert-OH is 2. The largest absolute Gasteiger partial charge is 0.396 e. The molecule has 12 nitrogen and oxygen atoms in total. The second-order valence-corrected chi connectivity index (χ2v) is 15.4. The number of carbonyl (C=O) groups is 5. The first-order valence-electron chi connectivity index (χ1n) is 18.1. The normalized spacial score (nSPS) is 15.4. The molecule has 284 valence electrons. The minimum Gasteiger partial charge on any atom is -0.396 e. The van der Waals surface area contributed by atoms with Gasteiger partial charge in [0.15, 0.2) is 0 Å². The third-order valence-corrected chi connectivity index (χ3v) is 8.69.